The predicted molar refractivity (Wildman–Crippen MR) is 155 cm³/mol. The second-order valence-corrected chi connectivity index (χ2v) is 9.72. The molecule has 0 saturated carbocycles. The number of imidazole rings is 2. The van der Waals surface area contributed by atoms with E-state index in [0.717, 1.165) is 33.3 Å². The van der Waals surface area contributed by atoms with Gasteiger partial charge in [0, 0.05) is 39.6 Å². The number of hydrogen-bond donors (Lipinski definition) is 0. The van der Waals surface area contributed by atoms with Gasteiger partial charge >= 0.3 is 0 Å². The van der Waals surface area contributed by atoms with Crippen LogP contribution in [0.1, 0.15) is 28.7 Å². The average molecular weight is 559 g/mol. The fourth-order valence-corrected chi connectivity index (χ4v) is 5.43. The Bertz CT molecular complexity index is 1910. The van der Waals surface area contributed by atoms with E-state index in [1.807, 2.05) is 101 Å². The van der Waals surface area contributed by atoms with E-state index in [9.17, 15) is 9.59 Å². The SMILES string of the molecule is CCn1nc(C)cc1C(=O)N=c1n(C)c2ccccc2n1C/C=C/Cn1c(=NC=O)n(C)c2c(CCl)cccc21. The van der Waals surface area contributed by atoms with Crippen LogP contribution in [0.3, 0.4) is 0 Å². The van der Waals surface area contributed by atoms with E-state index < -0.39 is 0 Å². The Morgan fingerprint density at radius 3 is 2.30 bits per heavy atom. The van der Waals surface area contributed by atoms with Crippen LogP contribution in [0.25, 0.3) is 22.1 Å². The second kappa shape index (κ2) is 11.4. The number of carbonyl (C=O) groups excluding carboxylic acids is 2. The normalized spacial score (nSPS) is 12.9. The van der Waals surface area contributed by atoms with Crippen molar-refractivity contribution < 1.29 is 9.59 Å². The number of amides is 2. The minimum Gasteiger partial charge on any atom is -0.313 e. The second-order valence-electron chi connectivity index (χ2n) is 9.46. The van der Waals surface area contributed by atoms with Crippen LogP contribution in [0.4, 0.5) is 0 Å². The maximum atomic E-state index is 13.3. The molecule has 206 valence electrons. The number of halogens is 1. The highest BCUT2D eigenvalue weighted by Crippen LogP contribution is 2.19. The van der Waals surface area contributed by atoms with Crippen LogP contribution in [0.2, 0.25) is 0 Å². The van der Waals surface area contributed by atoms with Crippen LogP contribution in [0, 0.1) is 6.92 Å². The summed E-state index contributed by atoms with van der Waals surface area (Å²) in [4.78, 5) is 33.2. The Balaban J connectivity index is 1.54. The first-order chi connectivity index (χ1) is 19.4. The van der Waals surface area contributed by atoms with E-state index >= 15 is 0 Å². The van der Waals surface area contributed by atoms with Crippen LogP contribution in [-0.2, 0) is 44.4 Å². The van der Waals surface area contributed by atoms with Crippen molar-refractivity contribution in [1.82, 2.24) is 28.0 Å². The standard InChI is InChI=1S/C29H31ClN8O2/c1-5-38-25(17-20(2)33-38)27(40)32-29-34(3)22-12-6-7-13-23(22)36(29)15-8-9-16-37-24-14-10-11-21(18-30)26(24)35(4)28(37)31-19-39/h6-14,17,19H,5,15-16,18H2,1-4H3/b9-8+,31-28?,32-29?. The lowest BCUT2D eigenvalue weighted by Crippen LogP contribution is -2.26. The summed E-state index contributed by atoms with van der Waals surface area (Å²) in [5.41, 5.74) is 7.08. The maximum absolute atomic E-state index is 13.3. The number of alkyl halides is 1. The molecule has 0 saturated heterocycles. The number of carbonyl (C=O) groups is 2. The zero-order valence-corrected chi connectivity index (χ0v) is 23.7. The maximum Gasteiger partial charge on any atom is 0.298 e. The van der Waals surface area contributed by atoms with E-state index in [0.29, 0.717) is 48.9 Å². The Kier molecular flexibility index (Phi) is 7.70. The minimum absolute atomic E-state index is 0.340. The smallest absolute Gasteiger partial charge is 0.298 e. The number of hydrogen-bond acceptors (Lipinski definition) is 3. The Hall–Kier alpha value is -4.44. The lowest BCUT2D eigenvalue weighted by molar-refractivity contribution is -0.107. The van der Waals surface area contributed by atoms with Gasteiger partial charge in [-0.2, -0.15) is 15.1 Å². The lowest BCUT2D eigenvalue weighted by atomic mass is 10.2. The van der Waals surface area contributed by atoms with Gasteiger partial charge in [0.1, 0.15) is 5.69 Å². The van der Waals surface area contributed by atoms with E-state index in [1.54, 1.807) is 10.7 Å². The summed E-state index contributed by atoms with van der Waals surface area (Å²) in [5.74, 6) is 0.0139. The summed E-state index contributed by atoms with van der Waals surface area (Å²) < 4.78 is 9.48. The predicted octanol–water partition coefficient (Wildman–Crippen LogP) is 3.59. The topological polar surface area (TPSA) is 96.4 Å². The minimum atomic E-state index is -0.340. The summed E-state index contributed by atoms with van der Waals surface area (Å²) in [6.45, 7) is 5.37. The number of aryl methyl sites for hydroxylation is 4. The van der Waals surface area contributed by atoms with Crippen LogP contribution in [-0.4, -0.2) is 40.4 Å². The molecule has 0 fully saturated rings. The molecule has 3 heterocycles. The molecule has 2 amide bonds. The van der Waals surface area contributed by atoms with Gasteiger partial charge in [-0.15, -0.1) is 11.6 Å². The highest BCUT2D eigenvalue weighted by Gasteiger charge is 2.15. The molecule has 5 rings (SSSR count). The van der Waals surface area contributed by atoms with Gasteiger partial charge in [0.2, 0.25) is 17.6 Å². The molecule has 0 aliphatic heterocycles. The van der Waals surface area contributed by atoms with Crippen LogP contribution < -0.4 is 11.2 Å². The van der Waals surface area contributed by atoms with Gasteiger partial charge in [0.15, 0.2) is 0 Å². The van der Waals surface area contributed by atoms with Crippen molar-refractivity contribution in [3.8, 4) is 0 Å². The van der Waals surface area contributed by atoms with Crippen LogP contribution >= 0.6 is 11.6 Å². The quantitative estimate of drug-likeness (QED) is 0.165. The lowest BCUT2D eigenvalue weighted by Gasteiger charge is -2.04. The van der Waals surface area contributed by atoms with Crippen molar-refractivity contribution in [3.63, 3.8) is 0 Å². The van der Waals surface area contributed by atoms with Crippen molar-refractivity contribution >= 4 is 46.0 Å². The van der Waals surface area contributed by atoms with Gasteiger partial charge < -0.3 is 18.3 Å². The van der Waals surface area contributed by atoms with E-state index in [4.69, 9.17) is 11.6 Å². The molecule has 0 N–H and O–H groups in total. The number of aromatic nitrogens is 6. The number of para-hydroxylation sites is 3. The fourth-order valence-electron chi connectivity index (χ4n) is 5.22. The summed E-state index contributed by atoms with van der Waals surface area (Å²) >= 11 is 6.19. The van der Waals surface area contributed by atoms with Crippen molar-refractivity contribution in [2.45, 2.75) is 39.4 Å². The van der Waals surface area contributed by atoms with Crippen molar-refractivity contribution in [1.29, 1.82) is 0 Å². The molecule has 11 heteroatoms. The molecular weight excluding hydrogens is 528 g/mol. The van der Waals surface area contributed by atoms with Crippen molar-refractivity contribution in [2.24, 2.45) is 24.1 Å². The highest BCUT2D eigenvalue weighted by atomic mass is 35.5. The monoisotopic (exact) mass is 558 g/mol. The first-order valence-corrected chi connectivity index (χ1v) is 13.6. The average Bonchev–Trinajstić information content (AvgIpc) is 3.57. The van der Waals surface area contributed by atoms with Gasteiger partial charge in [-0.25, -0.2) is 0 Å². The van der Waals surface area contributed by atoms with Crippen molar-refractivity contribution in [3.05, 3.63) is 88.9 Å². The van der Waals surface area contributed by atoms with E-state index in [2.05, 4.69) is 15.1 Å². The number of fused-ring (bicyclic) bond motifs is 2. The fraction of sp³-hybridized carbons (Fsp3) is 0.276. The summed E-state index contributed by atoms with van der Waals surface area (Å²) in [5, 5.41) is 4.39. The molecule has 0 spiro atoms. The molecule has 0 unspecified atom stereocenters. The first-order valence-electron chi connectivity index (χ1n) is 13.0. The Morgan fingerprint density at radius 2 is 1.62 bits per heavy atom. The van der Waals surface area contributed by atoms with Crippen molar-refractivity contribution in [2.75, 3.05) is 0 Å². The third-order valence-corrected chi connectivity index (χ3v) is 7.31. The van der Waals surface area contributed by atoms with Gasteiger partial charge in [-0.1, -0.05) is 36.4 Å². The molecule has 10 nitrogen and oxygen atoms in total. The van der Waals surface area contributed by atoms with Gasteiger partial charge in [-0.3, -0.25) is 14.3 Å². The zero-order valence-electron chi connectivity index (χ0n) is 23.0. The molecule has 40 heavy (non-hydrogen) atoms. The Labute approximate surface area is 235 Å². The molecule has 3 aromatic heterocycles. The van der Waals surface area contributed by atoms with E-state index in [1.165, 1.54) is 0 Å². The molecule has 5 aromatic rings. The van der Waals surface area contributed by atoms with Gasteiger partial charge in [-0.05, 0) is 43.7 Å². The number of rotatable bonds is 8. The molecule has 2 aromatic carbocycles. The van der Waals surface area contributed by atoms with Crippen LogP contribution in [0.5, 0.6) is 0 Å². The molecule has 0 atom stereocenters. The zero-order chi connectivity index (χ0) is 28.4. The molecule has 0 bridgehead atoms. The third kappa shape index (κ3) is 4.75. The Morgan fingerprint density at radius 1 is 0.950 bits per heavy atom. The first kappa shape index (κ1) is 27.1. The van der Waals surface area contributed by atoms with E-state index in [-0.39, 0.29) is 5.91 Å². The number of allylic oxidation sites excluding steroid dienone is 2. The number of benzene rings is 2. The van der Waals surface area contributed by atoms with Crippen LogP contribution in [0.15, 0.2) is 70.7 Å². The summed E-state index contributed by atoms with van der Waals surface area (Å²) in [6.07, 6.45) is 4.60. The third-order valence-electron chi connectivity index (χ3n) is 7.02. The number of nitrogens with zero attached hydrogens (tertiary/aromatic N) is 8. The van der Waals surface area contributed by atoms with Gasteiger partial charge in [0.25, 0.3) is 5.91 Å². The highest BCUT2D eigenvalue weighted by molar-refractivity contribution is 6.17. The molecule has 0 aliphatic rings. The largest absolute Gasteiger partial charge is 0.313 e. The molecule has 0 radical (unpaired) electrons. The summed E-state index contributed by atoms with van der Waals surface area (Å²) in [7, 11) is 3.79. The molecular formula is C29H31ClN8O2. The van der Waals surface area contributed by atoms with Gasteiger partial charge in [0.05, 0.1) is 27.8 Å². The molecule has 0 aliphatic carbocycles. The summed E-state index contributed by atoms with van der Waals surface area (Å²) in [6, 6.07) is 15.6.